The molecule has 1 aromatic rings. The molecule has 1 amide bonds. The van der Waals surface area contributed by atoms with Crippen molar-refractivity contribution in [1.82, 2.24) is 5.32 Å². The lowest BCUT2D eigenvalue weighted by Crippen LogP contribution is -2.34. The Bertz CT molecular complexity index is 690. The van der Waals surface area contributed by atoms with Gasteiger partial charge in [0.2, 0.25) is 5.91 Å². The highest BCUT2D eigenvalue weighted by Gasteiger charge is 2.51. The van der Waals surface area contributed by atoms with Gasteiger partial charge in [-0.3, -0.25) is 4.79 Å². The minimum atomic E-state index is -0.536. The summed E-state index contributed by atoms with van der Waals surface area (Å²) >= 11 is 0. The molecule has 1 unspecified atom stereocenters. The summed E-state index contributed by atoms with van der Waals surface area (Å²) in [7, 11) is 0. The third-order valence-corrected chi connectivity index (χ3v) is 4.66. The summed E-state index contributed by atoms with van der Waals surface area (Å²) in [5.41, 5.74) is 0.346. The summed E-state index contributed by atoms with van der Waals surface area (Å²) < 4.78 is 5.44. The Balaban J connectivity index is 1.80. The Hall–Kier alpha value is -2.30. The molecule has 1 heterocycles. The first kappa shape index (κ1) is 16.6. The third kappa shape index (κ3) is 3.30. The van der Waals surface area contributed by atoms with Crippen LogP contribution in [0.1, 0.15) is 45.1 Å². The monoisotopic (exact) mass is 328 g/mol. The number of phenolic OH excluding ortho intramolecular Hbond substituents is 1. The van der Waals surface area contributed by atoms with Gasteiger partial charge in [-0.05, 0) is 62.3 Å². The fourth-order valence-electron chi connectivity index (χ4n) is 3.06. The summed E-state index contributed by atoms with van der Waals surface area (Å²) in [6.07, 6.45) is 7.44. The molecular formula is C19H24N2O3. The predicted molar refractivity (Wildman–Crippen MR) is 93.3 cm³/mol. The van der Waals surface area contributed by atoms with E-state index in [-0.39, 0.29) is 11.7 Å². The number of benzene rings is 1. The molecule has 2 N–H and O–H groups in total. The van der Waals surface area contributed by atoms with Crippen LogP contribution in [-0.2, 0) is 10.2 Å². The van der Waals surface area contributed by atoms with Gasteiger partial charge in [-0.1, -0.05) is 13.0 Å². The first-order valence-electron chi connectivity index (χ1n) is 8.57. The Kier molecular flexibility index (Phi) is 4.60. The third-order valence-electron chi connectivity index (χ3n) is 4.66. The molecule has 5 heteroatoms. The molecule has 2 aliphatic rings. The molecule has 0 saturated heterocycles. The lowest BCUT2D eigenvalue weighted by atomic mass is 9.94. The highest BCUT2D eigenvalue weighted by atomic mass is 16.5. The van der Waals surface area contributed by atoms with Crippen molar-refractivity contribution in [2.45, 2.75) is 44.9 Å². The molecule has 1 aromatic carbocycles. The summed E-state index contributed by atoms with van der Waals surface area (Å²) in [6, 6.07) is 5.18. The van der Waals surface area contributed by atoms with Crippen LogP contribution in [-0.4, -0.2) is 23.8 Å². The average Bonchev–Trinajstić information content (AvgIpc) is 3.36. The van der Waals surface area contributed by atoms with Crippen LogP contribution < -0.4 is 10.1 Å². The van der Waals surface area contributed by atoms with Crippen LogP contribution in [0.2, 0.25) is 0 Å². The lowest BCUT2D eigenvalue weighted by Gasteiger charge is -2.17. The average molecular weight is 328 g/mol. The van der Waals surface area contributed by atoms with Gasteiger partial charge in [0.05, 0.1) is 12.0 Å². The normalized spacial score (nSPS) is 21.6. The van der Waals surface area contributed by atoms with Gasteiger partial charge in [0.15, 0.2) is 11.5 Å². The number of aliphatic imine (C=N–C) groups is 1. The maximum Gasteiger partial charge on any atom is 0.236 e. The molecule has 1 saturated carbocycles. The van der Waals surface area contributed by atoms with Crippen molar-refractivity contribution in [2.24, 2.45) is 10.9 Å². The van der Waals surface area contributed by atoms with Crippen LogP contribution in [0.15, 0.2) is 35.1 Å². The number of carbonyl (C=O) groups excluding carboxylic acids is 1. The molecule has 1 fully saturated rings. The van der Waals surface area contributed by atoms with Gasteiger partial charge in [0.1, 0.15) is 5.82 Å². The molecule has 0 aromatic heterocycles. The maximum absolute atomic E-state index is 12.8. The summed E-state index contributed by atoms with van der Waals surface area (Å²) in [5.74, 6) is 1.53. The number of nitrogens with zero attached hydrogens (tertiary/aromatic N) is 1. The molecule has 24 heavy (non-hydrogen) atoms. The number of aromatic hydroxyl groups is 1. The molecule has 5 nitrogen and oxygen atoms in total. The van der Waals surface area contributed by atoms with Gasteiger partial charge >= 0.3 is 0 Å². The zero-order valence-corrected chi connectivity index (χ0v) is 14.2. The Morgan fingerprint density at radius 1 is 1.46 bits per heavy atom. The Labute approximate surface area is 142 Å². The number of carbonyl (C=O) groups is 1. The fourth-order valence-corrected chi connectivity index (χ4v) is 3.06. The van der Waals surface area contributed by atoms with Crippen LogP contribution in [0, 0.1) is 5.92 Å². The molecular weight excluding hydrogens is 304 g/mol. The van der Waals surface area contributed by atoms with Gasteiger partial charge in [-0.2, -0.15) is 0 Å². The second kappa shape index (κ2) is 6.67. The standard InChI is InChI=1S/C19H24N2O3/c1-3-24-16-12-14(6-7-15(16)22)19(8-9-19)18(23)21-17-11-13(2)5-4-10-20-17/h6-7,10-13,22H,3-5,8-9H2,1-2H3,(H,21,23). The second-order valence-corrected chi connectivity index (χ2v) is 6.57. The van der Waals surface area contributed by atoms with E-state index in [1.165, 1.54) is 0 Å². The highest BCUT2D eigenvalue weighted by Crippen LogP contribution is 2.50. The van der Waals surface area contributed by atoms with Gasteiger partial charge < -0.3 is 15.2 Å². The van der Waals surface area contributed by atoms with E-state index in [0.29, 0.717) is 24.1 Å². The van der Waals surface area contributed by atoms with Gasteiger partial charge in [-0.15, -0.1) is 0 Å². The van der Waals surface area contributed by atoms with E-state index >= 15 is 0 Å². The zero-order valence-electron chi connectivity index (χ0n) is 14.2. The van der Waals surface area contributed by atoms with Crippen LogP contribution in [0.4, 0.5) is 0 Å². The number of nitrogens with one attached hydrogen (secondary N) is 1. The molecule has 0 radical (unpaired) electrons. The van der Waals surface area contributed by atoms with E-state index in [2.05, 4.69) is 17.2 Å². The minimum absolute atomic E-state index is 0.0341. The van der Waals surface area contributed by atoms with E-state index in [9.17, 15) is 9.90 Å². The van der Waals surface area contributed by atoms with Crippen LogP contribution in [0.3, 0.4) is 0 Å². The molecule has 1 aliphatic carbocycles. The highest BCUT2D eigenvalue weighted by molar-refractivity contribution is 5.92. The summed E-state index contributed by atoms with van der Waals surface area (Å²) in [5, 5.41) is 12.8. The molecule has 3 rings (SSSR count). The number of ether oxygens (including phenoxy) is 1. The van der Waals surface area contributed by atoms with Crippen LogP contribution >= 0.6 is 0 Å². The smallest absolute Gasteiger partial charge is 0.236 e. The van der Waals surface area contributed by atoms with Crippen molar-refractivity contribution in [3.63, 3.8) is 0 Å². The van der Waals surface area contributed by atoms with E-state index in [1.807, 2.05) is 19.2 Å². The molecule has 0 spiro atoms. The summed E-state index contributed by atoms with van der Waals surface area (Å²) in [6.45, 7) is 4.46. The quantitative estimate of drug-likeness (QED) is 0.871. The van der Waals surface area contributed by atoms with Crippen LogP contribution in [0.25, 0.3) is 0 Å². The van der Waals surface area contributed by atoms with Crippen LogP contribution in [0.5, 0.6) is 11.5 Å². The fraction of sp³-hybridized carbons (Fsp3) is 0.474. The van der Waals surface area contributed by atoms with E-state index < -0.39 is 5.41 Å². The van der Waals surface area contributed by atoms with Gasteiger partial charge in [0, 0.05) is 6.21 Å². The maximum atomic E-state index is 12.8. The summed E-state index contributed by atoms with van der Waals surface area (Å²) in [4.78, 5) is 17.2. The van der Waals surface area contributed by atoms with E-state index in [4.69, 9.17) is 4.74 Å². The molecule has 0 bridgehead atoms. The lowest BCUT2D eigenvalue weighted by molar-refractivity contribution is -0.122. The molecule has 128 valence electrons. The zero-order chi connectivity index (χ0) is 17.2. The first-order valence-corrected chi connectivity index (χ1v) is 8.57. The van der Waals surface area contributed by atoms with E-state index in [0.717, 1.165) is 31.2 Å². The van der Waals surface area contributed by atoms with Gasteiger partial charge in [0.25, 0.3) is 0 Å². The van der Waals surface area contributed by atoms with Crippen molar-refractivity contribution < 1.29 is 14.6 Å². The van der Waals surface area contributed by atoms with Crippen molar-refractivity contribution in [1.29, 1.82) is 0 Å². The minimum Gasteiger partial charge on any atom is -0.504 e. The Morgan fingerprint density at radius 2 is 2.25 bits per heavy atom. The molecule has 1 atom stereocenters. The molecule has 1 aliphatic heterocycles. The first-order chi connectivity index (χ1) is 11.5. The number of rotatable bonds is 5. The number of hydrogen-bond acceptors (Lipinski definition) is 4. The number of amides is 1. The Morgan fingerprint density at radius 3 is 2.96 bits per heavy atom. The SMILES string of the molecule is CCOc1cc(C2(C(=O)NC3=CC(C)CCC=N3)CC2)ccc1O. The topological polar surface area (TPSA) is 70.9 Å². The van der Waals surface area contributed by atoms with Crippen molar-refractivity contribution in [3.8, 4) is 11.5 Å². The number of allylic oxidation sites excluding steroid dienone is 1. The van der Waals surface area contributed by atoms with Crippen molar-refractivity contribution in [2.75, 3.05) is 6.61 Å². The largest absolute Gasteiger partial charge is 0.504 e. The predicted octanol–water partition coefficient (Wildman–Crippen LogP) is 3.28. The number of phenols is 1. The van der Waals surface area contributed by atoms with Gasteiger partial charge in [-0.25, -0.2) is 4.99 Å². The number of hydrogen-bond donors (Lipinski definition) is 2. The second-order valence-electron chi connectivity index (χ2n) is 6.57. The van der Waals surface area contributed by atoms with Crippen molar-refractivity contribution >= 4 is 12.1 Å². The van der Waals surface area contributed by atoms with Crippen molar-refractivity contribution in [3.05, 3.63) is 35.7 Å². The van der Waals surface area contributed by atoms with E-state index in [1.54, 1.807) is 18.2 Å².